The number of aliphatic carboxylic acids is 1. The average Bonchev–Trinajstić information content (AvgIpc) is 2.91. The molecule has 0 aliphatic rings. The molecule has 1 aromatic rings. The second kappa shape index (κ2) is 9.50. The molecule has 1 aromatic heterocycles. The minimum absolute atomic E-state index is 0.0507. The number of nitrogens with zero attached hydrogens (tertiary/aromatic N) is 1. The van der Waals surface area contributed by atoms with Crippen LogP contribution in [0.15, 0.2) is 6.20 Å². The van der Waals surface area contributed by atoms with Crippen LogP contribution in [0.5, 0.6) is 0 Å². The smallest absolute Gasteiger partial charge is 0.303 e. The van der Waals surface area contributed by atoms with E-state index in [0.717, 1.165) is 37.1 Å². The minimum atomic E-state index is -0.729. The first-order chi connectivity index (χ1) is 10.0. The van der Waals surface area contributed by atoms with Crippen molar-refractivity contribution in [3.8, 4) is 0 Å². The van der Waals surface area contributed by atoms with Gasteiger partial charge in [-0.25, -0.2) is 4.98 Å². The Morgan fingerprint density at radius 3 is 2.52 bits per heavy atom. The van der Waals surface area contributed by atoms with E-state index in [1.165, 1.54) is 11.3 Å². The fourth-order valence-corrected chi connectivity index (χ4v) is 2.72. The maximum absolute atomic E-state index is 11.9. The molecule has 0 aliphatic carbocycles. The lowest BCUT2D eigenvalue weighted by molar-refractivity contribution is -0.137. The fraction of sp³-hybridized carbons (Fsp3) is 0.667. The highest BCUT2D eigenvalue weighted by molar-refractivity contribution is 7.13. The van der Waals surface area contributed by atoms with Crippen LogP contribution in [0, 0.1) is 0 Å². The van der Waals surface area contributed by atoms with Crippen LogP contribution in [0.1, 0.15) is 73.0 Å². The van der Waals surface area contributed by atoms with E-state index in [1.807, 2.05) is 0 Å². The van der Waals surface area contributed by atoms with E-state index < -0.39 is 5.97 Å². The number of amides is 1. The standard InChI is InChI=1S/C15H24N2O3S/c1-11(2)15-17-10-12(21-15)14(20)16-9-7-5-3-4-6-8-13(18)19/h10-11H,3-9H2,1-2H3,(H,16,20)(H,18,19). The third kappa shape index (κ3) is 7.22. The van der Waals surface area contributed by atoms with Gasteiger partial charge in [-0.1, -0.05) is 33.1 Å². The molecule has 1 rings (SSSR count). The summed E-state index contributed by atoms with van der Waals surface area (Å²) in [7, 11) is 0. The molecule has 0 saturated carbocycles. The normalized spacial score (nSPS) is 10.8. The third-order valence-electron chi connectivity index (χ3n) is 3.09. The number of thiazole rings is 1. The second-order valence-electron chi connectivity index (χ2n) is 5.38. The van der Waals surface area contributed by atoms with Crippen LogP contribution in [0.3, 0.4) is 0 Å². The summed E-state index contributed by atoms with van der Waals surface area (Å²) < 4.78 is 0. The highest BCUT2D eigenvalue weighted by atomic mass is 32.1. The monoisotopic (exact) mass is 312 g/mol. The quantitative estimate of drug-likeness (QED) is 0.649. The van der Waals surface area contributed by atoms with Crippen LogP contribution < -0.4 is 5.32 Å². The van der Waals surface area contributed by atoms with Gasteiger partial charge < -0.3 is 10.4 Å². The summed E-state index contributed by atoms with van der Waals surface area (Å²) in [6, 6.07) is 0. The van der Waals surface area contributed by atoms with Crippen molar-refractivity contribution in [3.63, 3.8) is 0 Å². The first-order valence-electron chi connectivity index (χ1n) is 7.46. The Morgan fingerprint density at radius 1 is 1.24 bits per heavy atom. The number of carboxylic acid groups (broad SMARTS) is 1. The van der Waals surface area contributed by atoms with Crippen LogP contribution in [-0.4, -0.2) is 28.5 Å². The Balaban J connectivity index is 2.09. The lowest BCUT2D eigenvalue weighted by atomic mass is 10.1. The Bertz CT molecular complexity index is 458. The SMILES string of the molecule is CC(C)c1ncc(C(=O)NCCCCCCCC(=O)O)s1. The van der Waals surface area contributed by atoms with Crippen molar-refractivity contribution in [1.29, 1.82) is 0 Å². The van der Waals surface area contributed by atoms with Crippen LogP contribution in [0.4, 0.5) is 0 Å². The summed E-state index contributed by atoms with van der Waals surface area (Å²) in [4.78, 5) is 27.1. The number of unbranched alkanes of at least 4 members (excludes halogenated alkanes) is 4. The van der Waals surface area contributed by atoms with Gasteiger partial charge in [-0.3, -0.25) is 9.59 Å². The van der Waals surface area contributed by atoms with Gasteiger partial charge in [-0.2, -0.15) is 0 Å². The van der Waals surface area contributed by atoms with Gasteiger partial charge in [0.25, 0.3) is 5.91 Å². The van der Waals surface area contributed by atoms with Gasteiger partial charge in [0.1, 0.15) is 4.88 Å². The minimum Gasteiger partial charge on any atom is -0.481 e. The Kier molecular flexibility index (Phi) is 7.97. The number of carbonyl (C=O) groups excluding carboxylic acids is 1. The van der Waals surface area contributed by atoms with Crippen molar-refractivity contribution in [1.82, 2.24) is 10.3 Å². The highest BCUT2D eigenvalue weighted by Gasteiger charge is 2.11. The maximum Gasteiger partial charge on any atom is 0.303 e. The second-order valence-corrected chi connectivity index (χ2v) is 6.45. The van der Waals surface area contributed by atoms with Crippen molar-refractivity contribution in [2.24, 2.45) is 0 Å². The molecule has 0 aromatic carbocycles. The van der Waals surface area contributed by atoms with Gasteiger partial charge in [0.05, 0.1) is 11.2 Å². The molecule has 118 valence electrons. The van der Waals surface area contributed by atoms with Crippen molar-refractivity contribution >= 4 is 23.2 Å². The molecular formula is C15H24N2O3S. The van der Waals surface area contributed by atoms with E-state index in [-0.39, 0.29) is 12.3 Å². The number of rotatable bonds is 10. The largest absolute Gasteiger partial charge is 0.481 e. The lowest BCUT2D eigenvalue weighted by Gasteiger charge is -2.03. The molecule has 1 heterocycles. The molecule has 0 bridgehead atoms. The molecule has 5 nitrogen and oxygen atoms in total. The number of hydrogen-bond donors (Lipinski definition) is 2. The zero-order valence-electron chi connectivity index (χ0n) is 12.7. The van der Waals surface area contributed by atoms with Crippen LogP contribution in [-0.2, 0) is 4.79 Å². The third-order valence-corrected chi connectivity index (χ3v) is 4.39. The lowest BCUT2D eigenvalue weighted by Crippen LogP contribution is -2.23. The predicted octanol–water partition coefficient (Wildman–Crippen LogP) is 3.42. The number of hydrogen-bond acceptors (Lipinski definition) is 4. The molecule has 1 amide bonds. The van der Waals surface area contributed by atoms with E-state index >= 15 is 0 Å². The van der Waals surface area contributed by atoms with E-state index in [9.17, 15) is 9.59 Å². The topological polar surface area (TPSA) is 79.3 Å². The molecule has 21 heavy (non-hydrogen) atoms. The molecule has 0 spiro atoms. The van der Waals surface area contributed by atoms with Gasteiger partial charge in [-0.05, 0) is 12.8 Å². The molecule has 0 aliphatic heterocycles. The van der Waals surface area contributed by atoms with Gasteiger partial charge in [-0.15, -0.1) is 11.3 Å². The first kappa shape index (κ1) is 17.6. The van der Waals surface area contributed by atoms with E-state index in [4.69, 9.17) is 5.11 Å². The Morgan fingerprint density at radius 2 is 1.90 bits per heavy atom. The van der Waals surface area contributed by atoms with Crippen LogP contribution >= 0.6 is 11.3 Å². The van der Waals surface area contributed by atoms with Crippen LogP contribution in [0.25, 0.3) is 0 Å². The van der Waals surface area contributed by atoms with E-state index in [2.05, 4.69) is 24.1 Å². The molecule has 0 saturated heterocycles. The average molecular weight is 312 g/mol. The first-order valence-corrected chi connectivity index (χ1v) is 8.28. The van der Waals surface area contributed by atoms with E-state index in [0.29, 0.717) is 17.3 Å². The Labute approximate surface area is 129 Å². The van der Waals surface area contributed by atoms with Crippen molar-refractivity contribution < 1.29 is 14.7 Å². The van der Waals surface area contributed by atoms with Crippen molar-refractivity contribution in [3.05, 3.63) is 16.1 Å². The van der Waals surface area contributed by atoms with Gasteiger partial charge >= 0.3 is 5.97 Å². The van der Waals surface area contributed by atoms with Crippen LogP contribution in [0.2, 0.25) is 0 Å². The summed E-state index contributed by atoms with van der Waals surface area (Å²) in [5.74, 6) is -0.430. The van der Waals surface area contributed by atoms with Crippen molar-refractivity contribution in [2.45, 2.75) is 58.3 Å². The van der Waals surface area contributed by atoms with Gasteiger partial charge in [0.15, 0.2) is 0 Å². The maximum atomic E-state index is 11.9. The number of nitrogens with one attached hydrogen (secondary N) is 1. The predicted molar refractivity (Wildman–Crippen MR) is 83.9 cm³/mol. The molecule has 2 N–H and O–H groups in total. The number of carbonyl (C=O) groups is 2. The summed E-state index contributed by atoms with van der Waals surface area (Å²) in [5, 5.41) is 12.4. The van der Waals surface area contributed by atoms with Gasteiger partial charge in [0, 0.05) is 18.9 Å². The molecular weight excluding hydrogens is 288 g/mol. The summed E-state index contributed by atoms with van der Waals surface area (Å²) in [6.07, 6.45) is 6.52. The van der Waals surface area contributed by atoms with Gasteiger partial charge in [0.2, 0.25) is 0 Å². The number of carboxylic acids is 1. The Hall–Kier alpha value is -1.43. The summed E-state index contributed by atoms with van der Waals surface area (Å²) in [5.41, 5.74) is 0. The van der Waals surface area contributed by atoms with E-state index in [1.54, 1.807) is 6.20 Å². The molecule has 0 unspecified atom stereocenters. The molecule has 0 fully saturated rings. The summed E-state index contributed by atoms with van der Waals surface area (Å²) in [6.45, 7) is 4.78. The zero-order chi connectivity index (χ0) is 15.7. The molecule has 0 atom stereocenters. The fourth-order valence-electron chi connectivity index (χ4n) is 1.88. The summed E-state index contributed by atoms with van der Waals surface area (Å²) >= 11 is 1.45. The van der Waals surface area contributed by atoms with Crippen molar-refractivity contribution in [2.75, 3.05) is 6.54 Å². The zero-order valence-corrected chi connectivity index (χ0v) is 13.5. The number of aromatic nitrogens is 1. The molecule has 6 heteroatoms. The highest BCUT2D eigenvalue weighted by Crippen LogP contribution is 2.20. The molecule has 0 radical (unpaired) electrons.